The van der Waals surface area contributed by atoms with Gasteiger partial charge in [-0.1, -0.05) is 192 Å². The third-order valence-corrected chi connectivity index (χ3v) is 8.94. The van der Waals surface area contributed by atoms with Gasteiger partial charge in [-0.2, -0.15) is 0 Å². The molecule has 1 atom stereocenters. The first-order chi connectivity index (χ1) is 30.0. The lowest BCUT2D eigenvalue weighted by Gasteiger charge is -2.18. The number of carbonyl (C=O) groups excluding carboxylic acids is 3. The Morgan fingerprint density at radius 1 is 0.361 bits per heavy atom. The molecular weight excluding hydrogens is 757 g/mol. The lowest BCUT2D eigenvalue weighted by Crippen LogP contribution is -2.30. The fourth-order valence-electron chi connectivity index (χ4n) is 5.45. The minimum Gasteiger partial charge on any atom is -0.462 e. The SMILES string of the molecule is CC\C=C/C=C\C=C/C=C\CCCCCC(=O)OC(COC(=O)CC/C=C\C/C=C\C/C=C\C/C=C\C/C=C\C/C=C\CC)COC(=O)CCCCC/C=C\C=C/CCCC. The van der Waals surface area contributed by atoms with Crippen molar-refractivity contribution in [2.45, 2.75) is 168 Å². The molecule has 0 aromatic carbocycles. The van der Waals surface area contributed by atoms with Crippen molar-refractivity contribution in [3.05, 3.63) is 146 Å². The van der Waals surface area contributed by atoms with Crippen molar-refractivity contribution in [2.24, 2.45) is 0 Å². The zero-order valence-electron chi connectivity index (χ0n) is 38.4. The number of carbonyl (C=O) groups is 3. The van der Waals surface area contributed by atoms with Crippen LogP contribution < -0.4 is 0 Å². The summed E-state index contributed by atoms with van der Waals surface area (Å²) in [6, 6.07) is 0. The fourth-order valence-corrected chi connectivity index (χ4v) is 5.45. The lowest BCUT2D eigenvalue weighted by atomic mass is 10.1. The number of ether oxygens (including phenoxy) is 3. The Kier molecular flexibility index (Phi) is 44.3. The van der Waals surface area contributed by atoms with Crippen LogP contribution in [0.25, 0.3) is 0 Å². The number of hydrogen-bond donors (Lipinski definition) is 0. The van der Waals surface area contributed by atoms with Gasteiger partial charge in [0, 0.05) is 19.3 Å². The quantitative estimate of drug-likeness (QED) is 0.0202. The summed E-state index contributed by atoms with van der Waals surface area (Å²) in [7, 11) is 0. The molecule has 6 heteroatoms. The summed E-state index contributed by atoms with van der Waals surface area (Å²) in [4.78, 5) is 37.8. The van der Waals surface area contributed by atoms with Crippen LogP contribution in [0.1, 0.15) is 162 Å². The predicted molar refractivity (Wildman–Crippen MR) is 260 cm³/mol. The van der Waals surface area contributed by atoms with E-state index in [1.807, 2.05) is 48.6 Å². The summed E-state index contributed by atoms with van der Waals surface area (Å²) < 4.78 is 16.6. The molecule has 0 N–H and O–H groups in total. The summed E-state index contributed by atoms with van der Waals surface area (Å²) in [6.07, 6.45) is 68.5. The molecule has 0 saturated heterocycles. The molecule has 0 aliphatic carbocycles. The largest absolute Gasteiger partial charge is 0.462 e. The maximum Gasteiger partial charge on any atom is 0.306 e. The molecule has 0 spiro atoms. The van der Waals surface area contributed by atoms with E-state index in [-0.39, 0.29) is 44.0 Å². The Labute approximate surface area is 372 Å². The van der Waals surface area contributed by atoms with E-state index in [1.54, 1.807) is 0 Å². The molecule has 0 saturated carbocycles. The van der Waals surface area contributed by atoms with Gasteiger partial charge in [-0.15, -0.1) is 0 Å². The molecule has 338 valence electrons. The number of rotatable bonds is 39. The van der Waals surface area contributed by atoms with Crippen LogP contribution in [0.15, 0.2) is 146 Å². The summed E-state index contributed by atoms with van der Waals surface area (Å²) in [6.45, 7) is 6.16. The van der Waals surface area contributed by atoms with Gasteiger partial charge in [-0.25, -0.2) is 0 Å². The van der Waals surface area contributed by atoms with Gasteiger partial charge in [-0.3, -0.25) is 14.4 Å². The molecule has 0 aliphatic heterocycles. The predicted octanol–water partition coefficient (Wildman–Crippen LogP) is 15.3. The van der Waals surface area contributed by atoms with Crippen LogP contribution >= 0.6 is 0 Å². The first-order valence-corrected chi connectivity index (χ1v) is 23.4. The Morgan fingerprint density at radius 2 is 0.754 bits per heavy atom. The Morgan fingerprint density at radius 3 is 1.25 bits per heavy atom. The first-order valence-electron chi connectivity index (χ1n) is 23.4. The highest BCUT2D eigenvalue weighted by Crippen LogP contribution is 2.10. The number of allylic oxidation sites excluding steroid dienone is 24. The van der Waals surface area contributed by atoms with E-state index in [2.05, 4.69) is 118 Å². The molecule has 61 heavy (non-hydrogen) atoms. The van der Waals surface area contributed by atoms with Crippen molar-refractivity contribution in [3.8, 4) is 0 Å². The monoisotopic (exact) mass is 839 g/mol. The lowest BCUT2D eigenvalue weighted by molar-refractivity contribution is -0.166. The average molecular weight is 839 g/mol. The molecule has 0 aromatic rings. The van der Waals surface area contributed by atoms with Gasteiger partial charge in [0.05, 0.1) is 0 Å². The average Bonchev–Trinajstić information content (AvgIpc) is 3.26. The van der Waals surface area contributed by atoms with E-state index >= 15 is 0 Å². The smallest absolute Gasteiger partial charge is 0.306 e. The summed E-state index contributed by atoms with van der Waals surface area (Å²) in [5.74, 6) is -1.11. The second-order valence-electron chi connectivity index (χ2n) is 14.7. The highest BCUT2D eigenvalue weighted by molar-refractivity contribution is 5.71. The van der Waals surface area contributed by atoms with E-state index in [0.717, 1.165) is 96.3 Å². The fraction of sp³-hybridized carbons (Fsp3) is 0.509. The maximum atomic E-state index is 12.7. The normalized spacial score (nSPS) is 13.4. The summed E-state index contributed by atoms with van der Waals surface area (Å²) in [5, 5.41) is 0. The van der Waals surface area contributed by atoms with Gasteiger partial charge in [-0.05, 0) is 96.3 Å². The third-order valence-electron chi connectivity index (χ3n) is 8.94. The minimum atomic E-state index is -0.844. The van der Waals surface area contributed by atoms with Crippen LogP contribution in [0.5, 0.6) is 0 Å². The summed E-state index contributed by atoms with van der Waals surface area (Å²) in [5.41, 5.74) is 0. The molecule has 0 heterocycles. The topological polar surface area (TPSA) is 78.9 Å². The Hall–Kier alpha value is -4.71. The molecule has 0 aliphatic rings. The van der Waals surface area contributed by atoms with Crippen molar-refractivity contribution in [1.29, 1.82) is 0 Å². The molecule has 6 nitrogen and oxygen atoms in total. The van der Waals surface area contributed by atoms with E-state index in [4.69, 9.17) is 14.2 Å². The van der Waals surface area contributed by atoms with Gasteiger partial charge < -0.3 is 14.2 Å². The van der Waals surface area contributed by atoms with Crippen molar-refractivity contribution >= 4 is 17.9 Å². The minimum absolute atomic E-state index is 0.138. The van der Waals surface area contributed by atoms with Crippen LogP contribution in [0.3, 0.4) is 0 Å². The second-order valence-corrected chi connectivity index (χ2v) is 14.7. The molecule has 0 rings (SSSR count). The van der Waals surface area contributed by atoms with Crippen molar-refractivity contribution in [1.82, 2.24) is 0 Å². The molecule has 0 fully saturated rings. The van der Waals surface area contributed by atoms with Crippen LogP contribution in [-0.2, 0) is 28.6 Å². The van der Waals surface area contributed by atoms with Crippen molar-refractivity contribution in [2.75, 3.05) is 13.2 Å². The molecular formula is C55H82O6. The highest BCUT2D eigenvalue weighted by Gasteiger charge is 2.19. The van der Waals surface area contributed by atoms with Gasteiger partial charge in [0.25, 0.3) is 0 Å². The van der Waals surface area contributed by atoms with E-state index in [0.29, 0.717) is 19.3 Å². The third kappa shape index (κ3) is 46.2. The van der Waals surface area contributed by atoms with Gasteiger partial charge in [0.2, 0.25) is 0 Å². The molecule has 0 amide bonds. The van der Waals surface area contributed by atoms with E-state index in [9.17, 15) is 14.4 Å². The summed E-state index contributed by atoms with van der Waals surface area (Å²) >= 11 is 0. The zero-order chi connectivity index (χ0) is 44.4. The van der Waals surface area contributed by atoms with Gasteiger partial charge in [0.1, 0.15) is 13.2 Å². The van der Waals surface area contributed by atoms with Crippen molar-refractivity contribution < 1.29 is 28.6 Å². The molecule has 0 radical (unpaired) electrons. The molecule has 0 bridgehead atoms. The number of unbranched alkanes of at least 4 members (excludes halogenated alkanes) is 8. The van der Waals surface area contributed by atoms with E-state index < -0.39 is 6.10 Å². The van der Waals surface area contributed by atoms with Crippen LogP contribution in [0.2, 0.25) is 0 Å². The standard InChI is InChI=1S/C55H82O6/c1-4-7-10-13-16-19-22-24-25-26-27-28-29-31-33-36-39-42-45-48-54(57)60-51-52(50-59-53(56)47-44-41-38-35-32-21-18-15-12-9-6-3)61-55(58)49-46-43-40-37-34-30-23-20-17-14-11-8-5-2/h7-8,10-11,14-21,23-25,27-28,30-34,39,42,52H,4-6,9,12-13,22,26,29,35-38,40-41,43-51H2,1-3H3/b10-7-,11-8-,17-14-,18-15-,19-16-,23-20-,25-24-,28-27-,32-21-,33-31-,34-30-,42-39-. The Bertz CT molecular complexity index is 1430. The van der Waals surface area contributed by atoms with Gasteiger partial charge in [0.15, 0.2) is 6.10 Å². The van der Waals surface area contributed by atoms with Gasteiger partial charge >= 0.3 is 17.9 Å². The second kappa shape index (κ2) is 48.0. The number of hydrogen-bond acceptors (Lipinski definition) is 6. The van der Waals surface area contributed by atoms with E-state index in [1.165, 1.54) is 12.8 Å². The number of esters is 3. The highest BCUT2D eigenvalue weighted by atomic mass is 16.6. The molecule has 1 unspecified atom stereocenters. The van der Waals surface area contributed by atoms with Crippen LogP contribution in [0, 0.1) is 0 Å². The maximum absolute atomic E-state index is 12.7. The van der Waals surface area contributed by atoms with Crippen molar-refractivity contribution in [3.63, 3.8) is 0 Å². The zero-order valence-corrected chi connectivity index (χ0v) is 38.4. The van der Waals surface area contributed by atoms with Crippen LogP contribution in [0.4, 0.5) is 0 Å². The first kappa shape index (κ1) is 56.3. The molecule has 0 aromatic heterocycles. The van der Waals surface area contributed by atoms with Crippen LogP contribution in [-0.4, -0.2) is 37.2 Å². The Balaban J connectivity index is 4.61.